The molecule has 0 saturated carbocycles. The van der Waals surface area contributed by atoms with E-state index in [2.05, 4.69) is 5.16 Å². The van der Waals surface area contributed by atoms with Crippen LogP contribution in [0.15, 0.2) is 58.6 Å². The Morgan fingerprint density at radius 1 is 1.15 bits per heavy atom. The molecule has 2 aromatic carbocycles. The van der Waals surface area contributed by atoms with Crippen LogP contribution in [-0.2, 0) is 14.7 Å². The number of rotatable bonds is 4. The van der Waals surface area contributed by atoms with E-state index in [1.807, 2.05) is 4.90 Å². The van der Waals surface area contributed by atoms with Crippen LogP contribution in [0.5, 0.6) is 0 Å². The Kier molecular flexibility index (Phi) is 4.37. The Balaban J connectivity index is 1.66. The quantitative estimate of drug-likeness (QED) is 0.765. The summed E-state index contributed by atoms with van der Waals surface area (Å²) in [6, 6.07) is 13.5. The standard InChI is InChI=1S/C18H16Cl2N2O3S/c19-13-7-8-15(16(20)11-13)17-21-25-18(9-4-10-22(17)18)12-26(23,24)14-5-2-1-3-6-14/h1-3,5-8,11H,4,9-10,12H2. The molecule has 2 aliphatic rings. The van der Waals surface area contributed by atoms with Gasteiger partial charge in [0, 0.05) is 23.6 Å². The van der Waals surface area contributed by atoms with Crippen LogP contribution in [0.25, 0.3) is 0 Å². The Labute approximate surface area is 162 Å². The lowest BCUT2D eigenvalue weighted by Crippen LogP contribution is -2.48. The van der Waals surface area contributed by atoms with Crippen molar-refractivity contribution in [2.24, 2.45) is 5.16 Å². The summed E-state index contributed by atoms with van der Waals surface area (Å²) >= 11 is 12.3. The van der Waals surface area contributed by atoms with Crippen molar-refractivity contribution in [1.29, 1.82) is 0 Å². The minimum atomic E-state index is -3.52. The van der Waals surface area contributed by atoms with E-state index in [1.165, 1.54) is 0 Å². The molecule has 0 spiro atoms. The molecule has 26 heavy (non-hydrogen) atoms. The summed E-state index contributed by atoms with van der Waals surface area (Å²) in [6.45, 7) is 0.655. The third-order valence-electron chi connectivity index (χ3n) is 4.69. The molecule has 8 heteroatoms. The summed E-state index contributed by atoms with van der Waals surface area (Å²) in [5.41, 5.74) is -0.315. The second-order valence-electron chi connectivity index (χ2n) is 6.40. The smallest absolute Gasteiger partial charge is 0.225 e. The van der Waals surface area contributed by atoms with Crippen molar-refractivity contribution < 1.29 is 13.3 Å². The molecule has 0 amide bonds. The van der Waals surface area contributed by atoms with Crippen molar-refractivity contribution in [2.75, 3.05) is 12.3 Å². The predicted molar refractivity (Wildman–Crippen MR) is 101 cm³/mol. The van der Waals surface area contributed by atoms with E-state index in [9.17, 15) is 8.42 Å². The summed E-state index contributed by atoms with van der Waals surface area (Å²) in [5.74, 6) is 0.384. The molecule has 0 aliphatic carbocycles. The highest BCUT2D eigenvalue weighted by Crippen LogP contribution is 2.40. The summed E-state index contributed by atoms with van der Waals surface area (Å²) in [4.78, 5) is 7.90. The van der Waals surface area contributed by atoms with Crippen molar-refractivity contribution in [3.8, 4) is 0 Å². The molecule has 0 N–H and O–H groups in total. The molecule has 2 aromatic rings. The molecule has 1 fully saturated rings. The first-order valence-electron chi connectivity index (χ1n) is 8.18. The largest absolute Gasteiger partial charge is 0.364 e. The second kappa shape index (κ2) is 6.44. The average molecular weight is 411 g/mol. The highest BCUT2D eigenvalue weighted by Gasteiger charge is 2.53. The molecular formula is C18H16Cl2N2O3S. The van der Waals surface area contributed by atoms with Crippen molar-refractivity contribution in [2.45, 2.75) is 23.5 Å². The third kappa shape index (κ3) is 2.96. The first-order valence-corrected chi connectivity index (χ1v) is 10.6. The molecule has 0 radical (unpaired) electrons. The molecule has 1 saturated heterocycles. The SMILES string of the molecule is O=S(=O)(CC12CCCN1C(c1ccc(Cl)cc1Cl)=NO2)c1ccccc1. The Morgan fingerprint density at radius 2 is 1.92 bits per heavy atom. The zero-order chi connectivity index (χ0) is 18.4. The molecular weight excluding hydrogens is 395 g/mol. The monoisotopic (exact) mass is 410 g/mol. The van der Waals surface area contributed by atoms with E-state index in [0.29, 0.717) is 34.4 Å². The Morgan fingerprint density at radius 3 is 2.65 bits per heavy atom. The van der Waals surface area contributed by atoms with E-state index < -0.39 is 15.6 Å². The van der Waals surface area contributed by atoms with E-state index in [1.54, 1.807) is 48.5 Å². The van der Waals surface area contributed by atoms with Gasteiger partial charge in [0.25, 0.3) is 0 Å². The number of amidine groups is 1. The fourth-order valence-corrected chi connectivity index (χ4v) is 5.65. The Bertz CT molecular complexity index is 979. The molecule has 1 atom stereocenters. The van der Waals surface area contributed by atoms with Gasteiger partial charge in [-0.2, -0.15) is 0 Å². The molecule has 0 aromatic heterocycles. The van der Waals surface area contributed by atoms with Crippen molar-refractivity contribution in [3.63, 3.8) is 0 Å². The summed E-state index contributed by atoms with van der Waals surface area (Å²) in [7, 11) is -3.52. The van der Waals surface area contributed by atoms with Crippen LogP contribution in [0.3, 0.4) is 0 Å². The van der Waals surface area contributed by atoms with Gasteiger partial charge in [0.2, 0.25) is 5.72 Å². The van der Waals surface area contributed by atoms with Crippen LogP contribution in [0.1, 0.15) is 18.4 Å². The van der Waals surface area contributed by atoms with Gasteiger partial charge in [-0.3, -0.25) is 0 Å². The number of benzene rings is 2. The first kappa shape index (κ1) is 17.6. The molecule has 2 heterocycles. The van der Waals surface area contributed by atoms with Crippen LogP contribution < -0.4 is 0 Å². The van der Waals surface area contributed by atoms with Crippen LogP contribution in [0.2, 0.25) is 10.0 Å². The lowest BCUT2D eigenvalue weighted by Gasteiger charge is -2.30. The second-order valence-corrected chi connectivity index (χ2v) is 9.24. The third-order valence-corrected chi connectivity index (χ3v) is 7.06. The average Bonchev–Trinajstić information content (AvgIpc) is 3.14. The van der Waals surface area contributed by atoms with Gasteiger partial charge in [0.1, 0.15) is 5.75 Å². The molecule has 1 unspecified atom stereocenters. The molecule has 0 bridgehead atoms. The maximum Gasteiger partial charge on any atom is 0.225 e. The van der Waals surface area contributed by atoms with Crippen LogP contribution >= 0.6 is 23.2 Å². The van der Waals surface area contributed by atoms with Gasteiger partial charge >= 0.3 is 0 Å². The van der Waals surface area contributed by atoms with Crippen molar-refractivity contribution in [1.82, 2.24) is 4.90 Å². The number of nitrogens with zero attached hydrogens (tertiary/aromatic N) is 2. The van der Waals surface area contributed by atoms with E-state index >= 15 is 0 Å². The number of oxime groups is 1. The van der Waals surface area contributed by atoms with Crippen LogP contribution in [0.4, 0.5) is 0 Å². The van der Waals surface area contributed by atoms with Crippen LogP contribution in [-0.4, -0.2) is 37.2 Å². The zero-order valence-electron chi connectivity index (χ0n) is 13.7. The molecule has 2 aliphatic heterocycles. The number of hydrogen-bond donors (Lipinski definition) is 0. The van der Waals surface area contributed by atoms with Gasteiger partial charge in [0.15, 0.2) is 15.7 Å². The zero-order valence-corrected chi connectivity index (χ0v) is 16.1. The maximum atomic E-state index is 12.9. The number of fused-ring (bicyclic) bond motifs is 1. The number of halogens is 2. The minimum absolute atomic E-state index is 0.164. The molecule has 136 valence electrons. The van der Waals surface area contributed by atoms with Crippen LogP contribution in [0, 0.1) is 0 Å². The lowest BCUT2D eigenvalue weighted by molar-refractivity contribution is -0.0594. The minimum Gasteiger partial charge on any atom is -0.364 e. The van der Waals surface area contributed by atoms with Gasteiger partial charge in [-0.15, -0.1) is 0 Å². The van der Waals surface area contributed by atoms with E-state index in [0.717, 1.165) is 6.42 Å². The van der Waals surface area contributed by atoms with Crippen molar-refractivity contribution in [3.05, 3.63) is 64.1 Å². The van der Waals surface area contributed by atoms with Crippen molar-refractivity contribution >= 4 is 38.9 Å². The summed E-state index contributed by atoms with van der Waals surface area (Å²) < 4.78 is 25.8. The predicted octanol–water partition coefficient (Wildman–Crippen LogP) is 3.95. The van der Waals surface area contributed by atoms with Gasteiger partial charge in [0.05, 0.1) is 9.92 Å². The van der Waals surface area contributed by atoms with E-state index in [-0.39, 0.29) is 10.6 Å². The number of hydrogen-bond acceptors (Lipinski definition) is 5. The maximum absolute atomic E-state index is 12.9. The normalized spacial score (nSPS) is 22.1. The van der Waals surface area contributed by atoms with Gasteiger partial charge in [-0.25, -0.2) is 8.42 Å². The lowest BCUT2D eigenvalue weighted by atomic mass is 10.1. The first-order chi connectivity index (χ1) is 12.4. The van der Waals surface area contributed by atoms with Gasteiger partial charge < -0.3 is 9.74 Å². The highest BCUT2D eigenvalue weighted by atomic mass is 35.5. The Hall–Kier alpha value is -1.76. The van der Waals surface area contributed by atoms with Gasteiger partial charge in [-0.1, -0.05) is 46.6 Å². The molecule has 4 rings (SSSR count). The fraction of sp³-hybridized carbons (Fsp3) is 0.278. The summed E-state index contributed by atoms with van der Waals surface area (Å²) in [5, 5.41) is 5.16. The fourth-order valence-electron chi connectivity index (χ4n) is 3.47. The molecule has 5 nitrogen and oxygen atoms in total. The summed E-state index contributed by atoms with van der Waals surface area (Å²) in [6.07, 6.45) is 1.39. The number of sulfone groups is 1. The van der Waals surface area contributed by atoms with E-state index in [4.69, 9.17) is 28.0 Å². The van der Waals surface area contributed by atoms with Gasteiger partial charge in [-0.05, 0) is 36.8 Å². The topological polar surface area (TPSA) is 59.0 Å². The highest BCUT2D eigenvalue weighted by molar-refractivity contribution is 7.91.